The SMILES string of the molecule is O=C(NCCC1=CCCC1)Nc1cncc(C(=O)O)c1. The minimum Gasteiger partial charge on any atom is -0.478 e. The molecule has 0 unspecified atom stereocenters. The first-order chi connectivity index (χ1) is 9.65. The lowest BCUT2D eigenvalue weighted by Gasteiger charge is -2.08. The molecule has 0 atom stereocenters. The number of rotatable bonds is 5. The molecule has 2 rings (SSSR count). The Morgan fingerprint density at radius 2 is 2.20 bits per heavy atom. The van der Waals surface area contributed by atoms with Crippen molar-refractivity contribution in [3.05, 3.63) is 35.7 Å². The van der Waals surface area contributed by atoms with E-state index in [0.29, 0.717) is 12.2 Å². The second-order valence-corrected chi connectivity index (χ2v) is 4.65. The molecule has 0 aromatic carbocycles. The highest BCUT2D eigenvalue weighted by Crippen LogP contribution is 2.19. The monoisotopic (exact) mass is 275 g/mol. The number of amides is 2. The fourth-order valence-corrected chi connectivity index (χ4v) is 2.10. The highest BCUT2D eigenvalue weighted by atomic mass is 16.4. The predicted molar refractivity (Wildman–Crippen MR) is 74.8 cm³/mol. The van der Waals surface area contributed by atoms with E-state index < -0.39 is 5.97 Å². The topological polar surface area (TPSA) is 91.3 Å². The molecule has 1 aliphatic rings. The van der Waals surface area contributed by atoms with Crippen LogP contribution >= 0.6 is 0 Å². The van der Waals surface area contributed by atoms with Crippen LogP contribution in [0.1, 0.15) is 36.0 Å². The van der Waals surface area contributed by atoms with Crippen LogP contribution in [-0.4, -0.2) is 28.6 Å². The van der Waals surface area contributed by atoms with Crippen molar-refractivity contribution < 1.29 is 14.7 Å². The lowest BCUT2D eigenvalue weighted by Crippen LogP contribution is -2.29. The summed E-state index contributed by atoms with van der Waals surface area (Å²) in [6, 6.07) is 1.02. The quantitative estimate of drug-likeness (QED) is 0.719. The average molecular weight is 275 g/mol. The van der Waals surface area contributed by atoms with Crippen LogP contribution in [0.5, 0.6) is 0 Å². The van der Waals surface area contributed by atoms with Crippen molar-refractivity contribution in [3.8, 4) is 0 Å². The van der Waals surface area contributed by atoms with E-state index in [2.05, 4.69) is 21.7 Å². The van der Waals surface area contributed by atoms with Crippen LogP contribution in [0.2, 0.25) is 0 Å². The third-order valence-corrected chi connectivity index (χ3v) is 3.11. The number of anilines is 1. The van der Waals surface area contributed by atoms with Crippen LogP contribution in [0.15, 0.2) is 30.1 Å². The van der Waals surface area contributed by atoms with E-state index in [0.717, 1.165) is 19.3 Å². The maximum Gasteiger partial charge on any atom is 0.337 e. The third-order valence-electron chi connectivity index (χ3n) is 3.11. The minimum atomic E-state index is -1.07. The Morgan fingerprint density at radius 1 is 1.35 bits per heavy atom. The molecule has 0 saturated heterocycles. The van der Waals surface area contributed by atoms with Gasteiger partial charge in [-0.05, 0) is 31.7 Å². The maximum atomic E-state index is 11.7. The number of hydrogen-bond donors (Lipinski definition) is 3. The number of allylic oxidation sites excluding steroid dienone is 1. The van der Waals surface area contributed by atoms with Crippen LogP contribution in [0.3, 0.4) is 0 Å². The fraction of sp³-hybridized carbons (Fsp3) is 0.357. The van der Waals surface area contributed by atoms with E-state index in [1.165, 1.54) is 30.5 Å². The standard InChI is InChI=1S/C14H17N3O3/c18-13(19)11-7-12(9-15-8-11)17-14(20)16-6-5-10-3-1-2-4-10/h3,7-9H,1-2,4-6H2,(H,18,19)(H2,16,17,20). The van der Waals surface area contributed by atoms with Gasteiger partial charge in [0.2, 0.25) is 0 Å². The summed E-state index contributed by atoms with van der Waals surface area (Å²) < 4.78 is 0. The summed E-state index contributed by atoms with van der Waals surface area (Å²) in [4.78, 5) is 26.2. The first-order valence-corrected chi connectivity index (χ1v) is 6.56. The zero-order valence-electron chi connectivity index (χ0n) is 11.1. The number of carbonyl (C=O) groups excluding carboxylic acids is 1. The van der Waals surface area contributed by atoms with Crippen molar-refractivity contribution in [2.45, 2.75) is 25.7 Å². The van der Waals surface area contributed by atoms with Gasteiger partial charge in [0.05, 0.1) is 17.4 Å². The summed E-state index contributed by atoms with van der Waals surface area (Å²) in [7, 11) is 0. The molecule has 0 radical (unpaired) electrons. The van der Waals surface area contributed by atoms with Gasteiger partial charge in [-0.2, -0.15) is 0 Å². The number of carbonyl (C=O) groups is 2. The Balaban J connectivity index is 1.78. The van der Waals surface area contributed by atoms with Gasteiger partial charge in [0, 0.05) is 12.7 Å². The zero-order chi connectivity index (χ0) is 14.4. The zero-order valence-corrected chi connectivity index (χ0v) is 11.1. The number of aromatic carboxylic acids is 1. The van der Waals surface area contributed by atoms with Crippen molar-refractivity contribution in [1.29, 1.82) is 0 Å². The van der Waals surface area contributed by atoms with Gasteiger partial charge in [-0.25, -0.2) is 9.59 Å². The largest absolute Gasteiger partial charge is 0.478 e. The van der Waals surface area contributed by atoms with Gasteiger partial charge in [0.1, 0.15) is 0 Å². The Morgan fingerprint density at radius 3 is 2.90 bits per heavy atom. The third kappa shape index (κ3) is 4.08. The Kier molecular flexibility index (Phi) is 4.70. The van der Waals surface area contributed by atoms with E-state index in [-0.39, 0.29) is 11.6 Å². The molecule has 0 aliphatic heterocycles. The fourth-order valence-electron chi connectivity index (χ4n) is 2.10. The molecular formula is C14H17N3O3. The van der Waals surface area contributed by atoms with Crippen molar-refractivity contribution >= 4 is 17.7 Å². The number of carboxylic acid groups (broad SMARTS) is 1. The van der Waals surface area contributed by atoms with Crippen molar-refractivity contribution in [2.75, 3.05) is 11.9 Å². The molecule has 1 heterocycles. The molecule has 6 heteroatoms. The molecule has 0 bridgehead atoms. The lowest BCUT2D eigenvalue weighted by molar-refractivity contribution is 0.0696. The Bertz CT molecular complexity index is 540. The van der Waals surface area contributed by atoms with Crippen LogP contribution in [0, 0.1) is 0 Å². The number of nitrogens with zero attached hydrogens (tertiary/aromatic N) is 1. The van der Waals surface area contributed by atoms with Gasteiger partial charge >= 0.3 is 12.0 Å². The molecule has 1 aliphatic carbocycles. The number of nitrogens with one attached hydrogen (secondary N) is 2. The van der Waals surface area contributed by atoms with Crippen molar-refractivity contribution in [2.24, 2.45) is 0 Å². The van der Waals surface area contributed by atoms with Gasteiger partial charge in [-0.15, -0.1) is 0 Å². The highest BCUT2D eigenvalue weighted by molar-refractivity contribution is 5.92. The Hall–Kier alpha value is -2.37. The van der Waals surface area contributed by atoms with E-state index >= 15 is 0 Å². The molecule has 3 N–H and O–H groups in total. The summed E-state index contributed by atoms with van der Waals surface area (Å²) in [5.74, 6) is -1.07. The number of urea groups is 1. The number of carboxylic acids is 1. The predicted octanol–water partition coefficient (Wildman–Crippen LogP) is 2.40. The summed E-state index contributed by atoms with van der Waals surface area (Å²) >= 11 is 0. The van der Waals surface area contributed by atoms with Crippen molar-refractivity contribution in [3.63, 3.8) is 0 Å². The average Bonchev–Trinajstić information content (AvgIpc) is 2.92. The lowest BCUT2D eigenvalue weighted by atomic mass is 10.2. The molecular weight excluding hydrogens is 258 g/mol. The van der Waals surface area contributed by atoms with E-state index in [1.807, 2.05) is 0 Å². The molecule has 0 spiro atoms. The maximum absolute atomic E-state index is 11.7. The number of hydrogen-bond acceptors (Lipinski definition) is 3. The van der Waals surface area contributed by atoms with E-state index in [9.17, 15) is 9.59 Å². The summed E-state index contributed by atoms with van der Waals surface area (Å²) in [5, 5.41) is 14.1. The van der Waals surface area contributed by atoms with Crippen molar-refractivity contribution in [1.82, 2.24) is 10.3 Å². The first-order valence-electron chi connectivity index (χ1n) is 6.56. The molecule has 0 fully saturated rings. The molecule has 1 aromatic heterocycles. The first kappa shape index (κ1) is 14.0. The van der Waals surface area contributed by atoms with Crippen LogP contribution in [-0.2, 0) is 0 Å². The van der Waals surface area contributed by atoms with Gasteiger partial charge in [-0.3, -0.25) is 4.98 Å². The van der Waals surface area contributed by atoms with E-state index in [4.69, 9.17) is 5.11 Å². The van der Waals surface area contributed by atoms with Crippen LogP contribution < -0.4 is 10.6 Å². The summed E-state index contributed by atoms with van der Waals surface area (Å²) in [6.45, 7) is 0.573. The molecule has 2 amide bonds. The number of pyridine rings is 1. The van der Waals surface area contributed by atoms with Gasteiger partial charge < -0.3 is 15.7 Å². The molecule has 0 saturated carbocycles. The van der Waals surface area contributed by atoms with Crippen LogP contribution in [0.25, 0.3) is 0 Å². The molecule has 6 nitrogen and oxygen atoms in total. The molecule has 106 valence electrons. The van der Waals surface area contributed by atoms with Crippen LogP contribution in [0.4, 0.5) is 10.5 Å². The second-order valence-electron chi connectivity index (χ2n) is 4.65. The smallest absolute Gasteiger partial charge is 0.337 e. The molecule has 1 aromatic rings. The summed E-state index contributed by atoms with van der Waals surface area (Å²) in [6.07, 6.45) is 9.18. The van der Waals surface area contributed by atoms with E-state index in [1.54, 1.807) is 0 Å². The molecule has 20 heavy (non-hydrogen) atoms. The minimum absolute atomic E-state index is 0.0407. The summed E-state index contributed by atoms with van der Waals surface area (Å²) in [5.41, 5.74) is 1.79. The van der Waals surface area contributed by atoms with Gasteiger partial charge in [0.25, 0.3) is 0 Å². The second kappa shape index (κ2) is 6.70. The highest BCUT2D eigenvalue weighted by Gasteiger charge is 2.08. The Labute approximate surface area is 116 Å². The normalized spacial score (nSPS) is 13.7. The van der Waals surface area contributed by atoms with Gasteiger partial charge in [-0.1, -0.05) is 11.6 Å². The number of aromatic nitrogens is 1. The van der Waals surface area contributed by atoms with Gasteiger partial charge in [0.15, 0.2) is 0 Å².